The molecule has 1 heterocycles. The van der Waals surface area contributed by atoms with E-state index in [-0.39, 0.29) is 25.0 Å². The summed E-state index contributed by atoms with van der Waals surface area (Å²) in [6, 6.07) is 0. The second kappa shape index (κ2) is 12.6. The normalized spacial score (nSPS) is 16.7. The van der Waals surface area contributed by atoms with Crippen LogP contribution in [-0.2, 0) is 33.8 Å². The highest BCUT2D eigenvalue weighted by Crippen LogP contribution is 2.64. The Morgan fingerprint density at radius 2 is 1.55 bits per heavy atom. The topological polar surface area (TPSA) is 255 Å². The van der Waals surface area contributed by atoms with Gasteiger partial charge in [-0.3, -0.25) is 14.3 Å². The number of H-pyrrole nitrogens is 1. The first-order valence-corrected chi connectivity index (χ1v) is 14.0. The second-order valence-corrected chi connectivity index (χ2v) is 11.3. The fourth-order valence-electron chi connectivity index (χ4n) is 3.02. The minimum atomic E-state index is -5.46. The van der Waals surface area contributed by atoms with Gasteiger partial charge in [0.25, 0.3) is 5.56 Å². The van der Waals surface area contributed by atoms with Crippen LogP contribution in [0.3, 0.4) is 0 Å². The first-order valence-electron chi connectivity index (χ1n) is 9.42. The fraction of sp³-hybridized carbons (Fsp3) is 0.714. The monoisotopic (exact) mass is 540 g/mol. The highest BCUT2D eigenvalue weighted by atomic mass is 31.3. The Labute approximate surface area is 187 Å². The number of aromatic nitrogens is 2. The lowest BCUT2D eigenvalue weighted by Gasteiger charge is -2.29. The van der Waals surface area contributed by atoms with Crippen molar-refractivity contribution >= 4 is 23.5 Å². The van der Waals surface area contributed by atoms with Gasteiger partial charge in [-0.1, -0.05) is 19.3 Å². The molecule has 16 nitrogen and oxygen atoms in total. The van der Waals surface area contributed by atoms with E-state index in [4.69, 9.17) is 29.2 Å². The molecule has 0 aliphatic heterocycles. The number of hydrogen-bond acceptors (Lipinski definition) is 9. The van der Waals surface area contributed by atoms with Gasteiger partial charge in [-0.15, -0.1) is 0 Å². The number of nitrogens with zero attached hydrogens (tertiary/aromatic N) is 1. The van der Waals surface area contributed by atoms with Crippen LogP contribution in [0.4, 0.5) is 0 Å². The van der Waals surface area contributed by atoms with E-state index in [1.165, 1.54) is 30.0 Å². The minimum Gasteiger partial charge on any atom is -0.394 e. The Kier molecular flexibility index (Phi) is 11.5. The van der Waals surface area contributed by atoms with Crippen molar-refractivity contribution in [3.8, 4) is 0 Å². The molecule has 1 aliphatic rings. The molecule has 1 aromatic rings. The van der Waals surface area contributed by atoms with Crippen LogP contribution in [0.15, 0.2) is 15.8 Å². The van der Waals surface area contributed by atoms with E-state index >= 15 is 0 Å². The third-order valence-corrected chi connectivity index (χ3v) is 7.74. The van der Waals surface area contributed by atoms with Crippen LogP contribution in [0, 0.1) is 12.8 Å². The number of nitrogens with one attached hydrogen (secondary N) is 1. The Hall–Kier alpha value is -0.990. The van der Waals surface area contributed by atoms with E-state index in [2.05, 4.69) is 13.6 Å². The quantitative estimate of drug-likeness (QED) is 0.205. The Bertz CT molecular complexity index is 993. The molecule has 0 saturated heterocycles. The molecule has 0 spiro atoms. The molecule has 1 fully saturated rings. The molecule has 1 aliphatic carbocycles. The predicted molar refractivity (Wildman–Crippen MR) is 111 cm³/mol. The van der Waals surface area contributed by atoms with Gasteiger partial charge in [0.2, 0.25) is 0 Å². The van der Waals surface area contributed by atoms with Crippen molar-refractivity contribution in [2.24, 2.45) is 5.92 Å². The summed E-state index contributed by atoms with van der Waals surface area (Å²) in [4.78, 5) is 65.4. The third-order valence-electron chi connectivity index (χ3n) is 4.39. The number of phosphoric acid groups is 3. The summed E-state index contributed by atoms with van der Waals surface area (Å²) in [6.45, 7) is 1.65. The highest BCUT2D eigenvalue weighted by Gasteiger charge is 2.38. The van der Waals surface area contributed by atoms with Crippen LogP contribution in [-0.4, -0.2) is 51.8 Å². The average Bonchev–Trinajstić information content (AvgIpc) is 2.63. The molecule has 1 saturated carbocycles. The first kappa shape index (κ1) is 30.0. The van der Waals surface area contributed by atoms with Gasteiger partial charge in [0.05, 0.1) is 12.7 Å². The zero-order valence-electron chi connectivity index (χ0n) is 17.4. The maximum atomic E-state index is 11.6. The molecule has 1 atom stereocenters. The molecular formula is C14H27N2O14P3. The number of aromatic amines is 1. The van der Waals surface area contributed by atoms with E-state index in [1.807, 2.05) is 0 Å². The molecule has 1 aromatic heterocycles. The summed E-state index contributed by atoms with van der Waals surface area (Å²) in [7, 11) is -16.2. The Balaban J connectivity index is 0.000000366. The van der Waals surface area contributed by atoms with Crippen molar-refractivity contribution in [2.75, 3.05) is 6.61 Å². The van der Waals surface area contributed by atoms with Crippen LogP contribution in [0.1, 0.15) is 37.7 Å². The van der Waals surface area contributed by atoms with Crippen LogP contribution in [0.25, 0.3) is 0 Å². The van der Waals surface area contributed by atoms with Gasteiger partial charge in [-0.2, -0.15) is 8.62 Å². The standard InChI is InChI=1S/C14H22N2O4.H5O10P3/c1-10-7-16(14(19)15-13(10)18)9-20-12(8-17)11-5-3-2-4-6-11;1-11(2,3)9-13(7,8)10-12(4,5)6/h7,11-12,17H,2-6,8-9H2,1H3,(H,15,18,19);(H,7,8)(H2,1,2,3)(H2,4,5,6). The summed E-state index contributed by atoms with van der Waals surface area (Å²) in [5.41, 5.74) is -0.399. The summed E-state index contributed by atoms with van der Waals surface area (Å²) >= 11 is 0. The first-order chi connectivity index (χ1) is 15.0. The second-order valence-electron chi connectivity index (χ2n) is 7.07. The van der Waals surface area contributed by atoms with Gasteiger partial charge in [0.1, 0.15) is 6.73 Å². The summed E-state index contributed by atoms with van der Waals surface area (Å²) in [5, 5.41) is 9.45. The molecule has 7 N–H and O–H groups in total. The van der Waals surface area contributed by atoms with Gasteiger partial charge >= 0.3 is 29.2 Å². The van der Waals surface area contributed by atoms with Crippen molar-refractivity contribution in [1.29, 1.82) is 0 Å². The number of hydrogen-bond donors (Lipinski definition) is 7. The number of ether oxygens (including phenoxy) is 1. The number of rotatable bonds is 9. The lowest BCUT2D eigenvalue weighted by atomic mass is 9.85. The van der Waals surface area contributed by atoms with Gasteiger partial charge in [0, 0.05) is 11.8 Å². The van der Waals surface area contributed by atoms with Gasteiger partial charge in [-0.25, -0.2) is 18.5 Å². The summed E-state index contributed by atoms with van der Waals surface area (Å²) < 4.78 is 43.4. The lowest BCUT2D eigenvalue weighted by Crippen LogP contribution is -2.35. The predicted octanol–water partition coefficient (Wildman–Crippen LogP) is 0.0657. The van der Waals surface area contributed by atoms with Crippen molar-refractivity contribution in [3.05, 3.63) is 32.6 Å². The lowest BCUT2D eigenvalue weighted by molar-refractivity contribution is -0.0639. The Morgan fingerprint density at radius 3 is 2.00 bits per heavy atom. The highest BCUT2D eigenvalue weighted by molar-refractivity contribution is 7.66. The zero-order chi connectivity index (χ0) is 25.4. The Morgan fingerprint density at radius 1 is 1.03 bits per heavy atom. The minimum absolute atomic E-state index is 0.0399. The van der Waals surface area contributed by atoms with Crippen LogP contribution in [0.2, 0.25) is 0 Å². The maximum Gasteiger partial charge on any atom is 0.490 e. The number of aliphatic hydroxyl groups excluding tert-OH is 1. The van der Waals surface area contributed by atoms with Gasteiger partial charge in [-0.05, 0) is 25.7 Å². The summed E-state index contributed by atoms with van der Waals surface area (Å²) in [6.07, 6.45) is 6.94. The molecule has 0 radical (unpaired) electrons. The van der Waals surface area contributed by atoms with Crippen LogP contribution in [0.5, 0.6) is 0 Å². The largest absolute Gasteiger partial charge is 0.490 e. The van der Waals surface area contributed by atoms with Gasteiger partial charge < -0.3 is 34.3 Å². The summed E-state index contributed by atoms with van der Waals surface area (Å²) in [5.74, 6) is 0.355. The SMILES string of the molecule is Cc1cn(COC(CO)C2CCCCC2)c(=O)[nH]c1=O.O=P(O)(O)OP(=O)(O)OP(=O)(O)O. The third kappa shape index (κ3) is 12.3. The average molecular weight is 540 g/mol. The van der Waals surface area contributed by atoms with E-state index in [0.29, 0.717) is 11.5 Å². The van der Waals surface area contributed by atoms with E-state index in [9.17, 15) is 28.4 Å². The van der Waals surface area contributed by atoms with E-state index in [1.54, 1.807) is 6.92 Å². The zero-order valence-corrected chi connectivity index (χ0v) is 20.1. The van der Waals surface area contributed by atoms with E-state index in [0.717, 1.165) is 12.8 Å². The van der Waals surface area contributed by atoms with Crippen molar-refractivity contribution in [1.82, 2.24) is 9.55 Å². The van der Waals surface area contributed by atoms with E-state index < -0.39 is 29.2 Å². The molecular weight excluding hydrogens is 513 g/mol. The van der Waals surface area contributed by atoms with Crippen molar-refractivity contribution in [2.45, 2.75) is 51.9 Å². The molecule has 0 aromatic carbocycles. The van der Waals surface area contributed by atoms with Crippen LogP contribution < -0.4 is 11.2 Å². The van der Waals surface area contributed by atoms with Crippen LogP contribution >= 0.6 is 23.5 Å². The number of aliphatic hydroxyl groups is 1. The number of aryl methyl sites for hydroxylation is 1. The smallest absolute Gasteiger partial charge is 0.394 e. The fourth-order valence-corrected chi connectivity index (χ4v) is 5.56. The maximum absolute atomic E-state index is 11.6. The van der Waals surface area contributed by atoms with Crippen molar-refractivity contribution < 1.29 is 56.6 Å². The molecule has 192 valence electrons. The van der Waals surface area contributed by atoms with Gasteiger partial charge in [0.15, 0.2) is 0 Å². The molecule has 1 unspecified atom stereocenters. The van der Waals surface area contributed by atoms with Crippen molar-refractivity contribution in [3.63, 3.8) is 0 Å². The molecule has 33 heavy (non-hydrogen) atoms. The molecule has 2 rings (SSSR count). The molecule has 19 heteroatoms. The molecule has 0 amide bonds. The molecule has 0 bridgehead atoms.